The van der Waals surface area contributed by atoms with Crippen LogP contribution in [0, 0.1) is 6.92 Å². The Morgan fingerprint density at radius 3 is 2.97 bits per heavy atom. The molecule has 0 radical (unpaired) electrons. The first kappa shape index (κ1) is 20.1. The van der Waals surface area contributed by atoms with Gasteiger partial charge in [-0.3, -0.25) is 14.8 Å². The molecule has 1 aliphatic rings. The summed E-state index contributed by atoms with van der Waals surface area (Å²) in [5.74, 6) is 1.09. The lowest BCUT2D eigenvalue weighted by atomic mass is 9.96. The number of hydrogen-bond acceptors (Lipinski definition) is 6. The van der Waals surface area contributed by atoms with E-state index < -0.39 is 0 Å². The number of hydrogen-bond donors (Lipinski definition) is 0. The first-order chi connectivity index (χ1) is 14.7. The molecule has 1 saturated heterocycles. The van der Waals surface area contributed by atoms with Gasteiger partial charge in [-0.1, -0.05) is 11.2 Å². The van der Waals surface area contributed by atoms with Crippen molar-refractivity contribution >= 4 is 5.91 Å². The molecule has 1 aliphatic heterocycles. The predicted octanol–water partition coefficient (Wildman–Crippen LogP) is 3.98. The Balaban J connectivity index is 1.36. The molecule has 1 atom stereocenters. The molecule has 4 heterocycles. The maximum Gasteiger partial charge on any atom is 0.276 e. The SMILES string of the molecule is Cc1ccc(OCc2cc(C(=O)N3CCCC[C@H]3CCc3ccccn3)no2)cn1. The largest absolute Gasteiger partial charge is 0.484 e. The minimum Gasteiger partial charge on any atom is -0.484 e. The van der Waals surface area contributed by atoms with Crippen molar-refractivity contribution in [1.82, 2.24) is 20.0 Å². The van der Waals surface area contributed by atoms with Crippen LogP contribution in [-0.2, 0) is 13.0 Å². The van der Waals surface area contributed by atoms with E-state index in [1.54, 1.807) is 12.3 Å². The number of amides is 1. The summed E-state index contributed by atoms with van der Waals surface area (Å²) in [6.45, 7) is 2.87. The lowest BCUT2D eigenvalue weighted by molar-refractivity contribution is 0.0591. The Hall–Kier alpha value is -3.22. The van der Waals surface area contributed by atoms with E-state index in [1.165, 1.54) is 0 Å². The van der Waals surface area contributed by atoms with Crippen molar-refractivity contribution < 1.29 is 14.1 Å². The fourth-order valence-corrected chi connectivity index (χ4v) is 3.75. The van der Waals surface area contributed by atoms with Crippen LogP contribution < -0.4 is 4.74 Å². The van der Waals surface area contributed by atoms with Crippen molar-refractivity contribution in [2.24, 2.45) is 0 Å². The Kier molecular flexibility index (Phi) is 6.37. The van der Waals surface area contributed by atoms with Gasteiger partial charge in [0.05, 0.1) is 6.20 Å². The molecular formula is C23H26N4O3. The number of rotatable bonds is 7. The first-order valence-electron chi connectivity index (χ1n) is 10.4. The van der Waals surface area contributed by atoms with Crippen LogP contribution >= 0.6 is 0 Å². The van der Waals surface area contributed by atoms with E-state index in [-0.39, 0.29) is 18.6 Å². The van der Waals surface area contributed by atoms with Gasteiger partial charge >= 0.3 is 0 Å². The standard InChI is InChI=1S/C23H26N4O3/c1-17-8-11-20(15-25-17)29-16-21-14-22(26-30-21)23(28)27-13-5-3-7-19(27)10-9-18-6-2-4-12-24-18/h2,4,6,8,11-12,14-15,19H,3,5,7,9-10,13,16H2,1H3/t19-/m0/s1. The number of ether oxygens (including phenoxy) is 1. The average molecular weight is 406 g/mol. The van der Waals surface area contributed by atoms with Crippen LogP contribution in [0.4, 0.5) is 0 Å². The van der Waals surface area contributed by atoms with E-state index in [2.05, 4.69) is 15.1 Å². The zero-order chi connectivity index (χ0) is 20.8. The van der Waals surface area contributed by atoms with Gasteiger partial charge in [0.25, 0.3) is 5.91 Å². The molecule has 4 rings (SSSR count). The number of pyridine rings is 2. The highest BCUT2D eigenvalue weighted by Gasteiger charge is 2.29. The fourth-order valence-electron chi connectivity index (χ4n) is 3.75. The van der Waals surface area contributed by atoms with Gasteiger partial charge in [0.1, 0.15) is 12.4 Å². The van der Waals surface area contributed by atoms with E-state index in [1.807, 2.05) is 48.4 Å². The minimum absolute atomic E-state index is 0.0762. The summed E-state index contributed by atoms with van der Waals surface area (Å²) < 4.78 is 11.0. The molecule has 1 fully saturated rings. The van der Waals surface area contributed by atoms with Crippen LogP contribution in [0.2, 0.25) is 0 Å². The number of carbonyl (C=O) groups is 1. The molecule has 0 spiro atoms. The van der Waals surface area contributed by atoms with Gasteiger partial charge in [-0.05, 0) is 63.3 Å². The van der Waals surface area contributed by atoms with Gasteiger partial charge in [0.15, 0.2) is 11.5 Å². The first-order valence-corrected chi connectivity index (χ1v) is 10.4. The van der Waals surface area contributed by atoms with Gasteiger partial charge < -0.3 is 14.2 Å². The highest BCUT2D eigenvalue weighted by Crippen LogP contribution is 2.23. The maximum atomic E-state index is 13.1. The van der Waals surface area contributed by atoms with Crippen LogP contribution in [-0.4, -0.2) is 38.5 Å². The third-order valence-electron chi connectivity index (χ3n) is 5.39. The second-order valence-electron chi connectivity index (χ2n) is 7.61. The fraction of sp³-hybridized carbons (Fsp3) is 0.391. The molecule has 0 bridgehead atoms. The molecule has 0 aliphatic carbocycles. The molecule has 0 N–H and O–H groups in total. The minimum atomic E-state index is -0.0762. The Bertz CT molecular complexity index is 956. The van der Waals surface area contributed by atoms with E-state index in [4.69, 9.17) is 9.26 Å². The van der Waals surface area contributed by atoms with Crippen molar-refractivity contribution in [1.29, 1.82) is 0 Å². The Morgan fingerprint density at radius 1 is 1.23 bits per heavy atom. The van der Waals surface area contributed by atoms with Crippen molar-refractivity contribution in [2.45, 2.75) is 51.7 Å². The molecule has 0 saturated carbocycles. The summed E-state index contributed by atoms with van der Waals surface area (Å²) in [5, 5.41) is 4.00. The molecule has 7 nitrogen and oxygen atoms in total. The number of piperidine rings is 1. The van der Waals surface area contributed by atoms with Crippen molar-refractivity contribution in [2.75, 3.05) is 6.54 Å². The lowest BCUT2D eigenvalue weighted by Crippen LogP contribution is -2.44. The highest BCUT2D eigenvalue weighted by molar-refractivity contribution is 5.92. The molecule has 30 heavy (non-hydrogen) atoms. The predicted molar refractivity (Wildman–Crippen MR) is 111 cm³/mol. The molecule has 156 valence electrons. The number of carbonyl (C=O) groups excluding carboxylic acids is 1. The van der Waals surface area contributed by atoms with Crippen LogP contribution in [0.3, 0.4) is 0 Å². The summed E-state index contributed by atoms with van der Waals surface area (Å²) in [4.78, 5) is 23.6. The number of nitrogens with zero attached hydrogens (tertiary/aromatic N) is 4. The van der Waals surface area contributed by atoms with Gasteiger partial charge in [-0.2, -0.15) is 0 Å². The van der Waals surface area contributed by atoms with Gasteiger partial charge in [0.2, 0.25) is 0 Å². The Morgan fingerprint density at radius 2 is 2.17 bits per heavy atom. The van der Waals surface area contributed by atoms with Crippen LogP contribution in [0.5, 0.6) is 5.75 Å². The zero-order valence-corrected chi connectivity index (χ0v) is 17.2. The molecule has 1 amide bonds. The zero-order valence-electron chi connectivity index (χ0n) is 17.2. The van der Waals surface area contributed by atoms with E-state index in [0.29, 0.717) is 17.2 Å². The Labute approximate surface area is 176 Å². The number of aromatic nitrogens is 3. The quantitative estimate of drug-likeness (QED) is 0.590. The topological polar surface area (TPSA) is 81.4 Å². The van der Waals surface area contributed by atoms with Crippen LogP contribution in [0.15, 0.2) is 53.3 Å². The highest BCUT2D eigenvalue weighted by atomic mass is 16.5. The smallest absolute Gasteiger partial charge is 0.276 e. The normalized spacial score (nSPS) is 16.4. The van der Waals surface area contributed by atoms with Crippen LogP contribution in [0.1, 0.15) is 53.3 Å². The summed E-state index contributed by atoms with van der Waals surface area (Å²) >= 11 is 0. The average Bonchev–Trinajstić information content (AvgIpc) is 3.27. The lowest BCUT2D eigenvalue weighted by Gasteiger charge is -2.35. The third kappa shape index (κ3) is 5.03. The van der Waals surface area contributed by atoms with Crippen molar-refractivity contribution in [3.8, 4) is 5.75 Å². The molecule has 3 aromatic rings. The number of aryl methyl sites for hydroxylation is 2. The van der Waals surface area contributed by atoms with Crippen LogP contribution in [0.25, 0.3) is 0 Å². The summed E-state index contributed by atoms with van der Waals surface area (Å²) in [5.41, 5.74) is 2.32. The maximum absolute atomic E-state index is 13.1. The molecule has 3 aromatic heterocycles. The van der Waals surface area contributed by atoms with E-state index >= 15 is 0 Å². The second-order valence-corrected chi connectivity index (χ2v) is 7.61. The summed E-state index contributed by atoms with van der Waals surface area (Å²) in [6, 6.07) is 11.6. The number of likely N-dealkylation sites (tertiary alicyclic amines) is 1. The van der Waals surface area contributed by atoms with Gasteiger partial charge in [-0.25, -0.2) is 0 Å². The van der Waals surface area contributed by atoms with Crippen molar-refractivity contribution in [3.05, 3.63) is 71.6 Å². The van der Waals surface area contributed by atoms with Gasteiger partial charge in [-0.15, -0.1) is 0 Å². The molecule has 7 heteroatoms. The summed E-state index contributed by atoms with van der Waals surface area (Å²) in [7, 11) is 0. The molecular weight excluding hydrogens is 380 g/mol. The molecule has 0 unspecified atom stereocenters. The van der Waals surface area contributed by atoms with E-state index in [9.17, 15) is 4.79 Å². The summed E-state index contributed by atoms with van der Waals surface area (Å²) in [6.07, 6.45) is 8.39. The molecule has 0 aromatic carbocycles. The van der Waals surface area contributed by atoms with E-state index in [0.717, 1.165) is 50.0 Å². The second kappa shape index (κ2) is 9.52. The van der Waals surface area contributed by atoms with Crippen molar-refractivity contribution in [3.63, 3.8) is 0 Å². The third-order valence-corrected chi connectivity index (χ3v) is 5.39. The van der Waals surface area contributed by atoms with Gasteiger partial charge in [0, 0.05) is 36.2 Å². The monoisotopic (exact) mass is 406 g/mol.